The zero-order valence-corrected chi connectivity index (χ0v) is 6.72. The lowest BCUT2D eigenvalue weighted by molar-refractivity contribution is -0.123. The second-order valence-electron chi connectivity index (χ2n) is 2.01. The van der Waals surface area contributed by atoms with E-state index in [1.165, 1.54) is 4.90 Å². The number of nitriles is 1. The molecule has 11 heavy (non-hydrogen) atoms. The third-order valence-corrected chi connectivity index (χ3v) is 1.14. The number of rotatable bonds is 2. The third-order valence-electron chi connectivity index (χ3n) is 1.14. The Hall–Kier alpha value is -1.48. The molecule has 0 saturated heterocycles. The van der Waals surface area contributed by atoms with Gasteiger partial charge in [0.05, 0.1) is 12.5 Å². The topological polar surface area (TPSA) is 44.1 Å². The summed E-state index contributed by atoms with van der Waals surface area (Å²) in [5.74, 6) is 4.65. The van der Waals surface area contributed by atoms with Gasteiger partial charge in [0.2, 0.25) is 0 Å². The van der Waals surface area contributed by atoms with Crippen molar-refractivity contribution < 1.29 is 4.79 Å². The van der Waals surface area contributed by atoms with Crippen molar-refractivity contribution in [2.45, 2.75) is 13.3 Å². The van der Waals surface area contributed by atoms with Crippen LogP contribution in [0, 0.1) is 23.2 Å². The Bertz CT molecular complexity index is 229. The molecule has 3 heteroatoms. The molecule has 0 atom stereocenters. The van der Waals surface area contributed by atoms with Gasteiger partial charge in [0.1, 0.15) is 0 Å². The average Bonchev–Trinajstić information content (AvgIpc) is 2.00. The SMILES string of the molecule is CC#CC(=O)N(C)CCC#N. The fraction of sp³-hybridized carbons (Fsp3) is 0.500. The summed E-state index contributed by atoms with van der Waals surface area (Å²) in [6, 6.07) is 1.95. The minimum atomic E-state index is -0.234. The predicted molar refractivity (Wildman–Crippen MR) is 41.3 cm³/mol. The molecule has 0 aromatic carbocycles. The molecule has 0 aromatic rings. The monoisotopic (exact) mass is 150 g/mol. The normalized spacial score (nSPS) is 7.36. The quantitative estimate of drug-likeness (QED) is 0.534. The Morgan fingerprint density at radius 1 is 1.64 bits per heavy atom. The summed E-state index contributed by atoms with van der Waals surface area (Å²) in [4.78, 5) is 12.3. The molecule has 1 amide bonds. The summed E-state index contributed by atoms with van der Waals surface area (Å²) in [7, 11) is 1.63. The minimum absolute atomic E-state index is 0.234. The lowest BCUT2D eigenvalue weighted by Crippen LogP contribution is -2.25. The van der Waals surface area contributed by atoms with Crippen LogP contribution in [-0.4, -0.2) is 24.4 Å². The van der Waals surface area contributed by atoms with Gasteiger partial charge in [-0.15, -0.1) is 0 Å². The highest BCUT2D eigenvalue weighted by Crippen LogP contribution is 1.85. The van der Waals surface area contributed by atoms with Crippen LogP contribution in [0.25, 0.3) is 0 Å². The van der Waals surface area contributed by atoms with Gasteiger partial charge in [-0.2, -0.15) is 5.26 Å². The standard InChI is InChI=1S/C8H10N2O/c1-3-5-8(11)10(2)7-4-6-9/h4,7H2,1-2H3. The Morgan fingerprint density at radius 3 is 2.73 bits per heavy atom. The van der Waals surface area contributed by atoms with Crippen molar-refractivity contribution in [2.75, 3.05) is 13.6 Å². The van der Waals surface area contributed by atoms with E-state index in [-0.39, 0.29) is 5.91 Å². The van der Waals surface area contributed by atoms with E-state index in [2.05, 4.69) is 11.8 Å². The van der Waals surface area contributed by atoms with Crippen molar-refractivity contribution in [3.63, 3.8) is 0 Å². The maximum atomic E-state index is 10.9. The van der Waals surface area contributed by atoms with E-state index in [0.29, 0.717) is 13.0 Å². The first-order valence-corrected chi connectivity index (χ1v) is 3.27. The van der Waals surface area contributed by atoms with Crippen molar-refractivity contribution in [3.8, 4) is 17.9 Å². The highest BCUT2D eigenvalue weighted by molar-refractivity contribution is 5.93. The van der Waals surface area contributed by atoms with Crippen LogP contribution in [0.2, 0.25) is 0 Å². The molecule has 0 heterocycles. The van der Waals surface area contributed by atoms with Gasteiger partial charge in [-0.3, -0.25) is 4.79 Å². The molecule has 0 radical (unpaired) electrons. The van der Waals surface area contributed by atoms with Crippen LogP contribution in [-0.2, 0) is 4.79 Å². The summed E-state index contributed by atoms with van der Waals surface area (Å²) < 4.78 is 0. The van der Waals surface area contributed by atoms with E-state index in [1.54, 1.807) is 14.0 Å². The van der Waals surface area contributed by atoms with Crippen molar-refractivity contribution >= 4 is 5.91 Å². The van der Waals surface area contributed by atoms with Crippen LogP contribution in [0.1, 0.15) is 13.3 Å². The van der Waals surface area contributed by atoms with Gasteiger partial charge in [0.15, 0.2) is 0 Å². The van der Waals surface area contributed by atoms with Crippen molar-refractivity contribution in [1.29, 1.82) is 5.26 Å². The van der Waals surface area contributed by atoms with Crippen LogP contribution in [0.3, 0.4) is 0 Å². The number of hydrogen-bond acceptors (Lipinski definition) is 2. The zero-order chi connectivity index (χ0) is 8.69. The Balaban J connectivity index is 3.82. The van der Waals surface area contributed by atoms with Gasteiger partial charge in [0, 0.05) is 13.6 Å². The van der Waals surface area contributed by atoms with E-state index >= 15 is 0 Å². The molecule has 0 bridgehead atoms. The first kappa shape index (κ1) is 9.52. The van der Waals surface area contributed by atoms with Gasteiger partial charge in [-0.25, -0.2) is 0 Å². The second kappa shape index (κ2) is 5.32. The van der Waals surface area contributed by atoms with Gasteiger partial charge in [-0.05, 0) is 12.8 Å². The molecule has 0 aromatic heterocycles. The molecule has 0 aliphatic rings. The van der Waals surface area contributed by atoms with E-state index in [0.717, 1.165) is 0 Å². The smallest absolute Gasteiger partial charge is 0.298 e. The molecule has 0 aliphatic carbocycles. The van der Waals surface area contributed by atoms with Crippen LogP contribution in [0.4, 0.5) is 0 Å². The first-order valence-electron chi connectivity index (χ1n) is 3.27. The summed E-state index contributed by atoms with van der Waals surface area (Å²) in [6.07, 6.45) is 0.355. The van der Waals surface area contributed by atoms with Gasteiger partial charge in [-0.1, -0.05) is 5.92 Å². The van der Waals surface area contributed by atoms with E-state index in [4.69, 9.17) is 5.26 Å². The number of carbonyl (C=O) groups is 1. The van der Waals surface area contributed by atoms with E-state index < -0.39 is 0 Å². The zero-order valence-electron chi connectivity index (χ0n) is 6.72. The highest BCUT2D eigenvalue weighted by Gasteiger charge is 2.02. The molecule has 0 N–H and O–H groups in total. The Morgan fingerprint density at radius 2 is 2.27 bits per heavy atom. The lowest BCUT2D eigenvalue weighted by atomic mass is 10.4. The van der Waals surface area contributed by atoms with Gasteiger partial charge >= 0.3 is 0 Å². The molecule has 58 valence electrons. The fourth-order valence-corrected chi connectivity index (χ4v) is 0.522. The average molecular weight is 150 g/mol. The molecule has 0 fully saturated rings. The maximum Gasteiger partial charge on any atom is 0.298 e. The van der Waals surface area contributed by atoms with Crippen LogP contribution < -0.4 is 0 Å². The van der Waals surface area contributed by atoms with Crippen LogP contribution in [0.15, 0.2) is 0 Å². The number of nitrogens with zero attached hydrogens (tertiary/aromatic N) is 2. The molecule has 0 aliphatic heterocycles. The Kier molecular flexibility index (Phi) is 4.60. The Labute approximate surface area is 66.6 Å². The first-order chi connectivity index (χ1) is 5.22. The molecule has 0 unspecified atom stereocenters. The molecular weight excluding hydrogens is 140 g/mol. The van der Waals surface area contributed by atoms with Gasteiger partial charge < -0.3 is 4.90 Å². The second-order valence-corrected chi connectivity index (χ2v) is 2.01. The number of hydrogen-bond donors (Lipinski definition) is 0. The van der Waals surface area contributed by atoms with Crippen molar-refractivity contribution in [2.24, 2.45) is 0 Å². The summed E-state index contributed by atoms with van der Waals surface area (Å²) >= 11 is 0. The van der Waals surface area contributed by atoms with Crippen LogP contribution >= 0.6 is 0 Å². The maximum absolute atomic E-state index is 10.9. The molecule has 0 rings (SSSR count). The van der Waals surface area contributed by atoms with Crippen molar-refractivity contribution in [3.05, 3.63) is 0 Å². The highest BCUT2D eigenvalue weighted by atomic mass is 16.2. The molecule has 0 saturated carbocycles. The van der Waals surface area contributed by atoms with Gasteiger partial charge in [0.25, 0.3) is 5.91 Å². The number of amides is 1. The lowest BCUT2D eigenvalue weighted by Gasteiger charge is -2.09. The number of carbonyl (C=O) groups excluding carboxylic acids is 1. The van der Waals surface area contributed by atoms with Crippen molar-refractivity contribution in [1.82, 2.24) is 4.90 Å². The molecule has 3 nitrogen and oxygen atoms in total. The molecule has 0 spiro atoms. The molecular formula is C8H10N2O. The predicted octanol–water partition coefficient (Wildman–Crippen LogP) is 0.382. The summed E-state index contributed by atoms with van der Waals surface area (Å²) in [6.45, 7) is 2.06. The minimum Gasteiger partial charge on any atom is -0.334 e. The summed E-state index contributed by atoms with van der Waals surface area (Å²) in [5.41, 5.74) is 0. The third kappa shape index (κ3) is 4.00. The largest absolute Gasteiger partial charge is 0.334 e. The fourth-order valence-electron chi connectivity index (χ4n) is 0.522. The summed E-state index contributed by atoms with van der Waals surface area (Å²) in [5, 5.41) is 8.20. The van der Waals surface area contributed by atoms with E-state index in [9.17, 15) is 4.79 Å². The van der Waals surface area contributed by atoms with Crippen LogP contribution in [0.5, 0.6) is 0 Å². The van der Waals surface area contributed by atoms with E-state index in [1.807, 2.05) is 6.07 Å².